The highest BCUT2D eigenvalue weighted by Gasteiger charge is 2.33. The Morgan fingerprint density at radius 1 is 1.14 bits per heavy atom. The van der Waals surface area contributed by atoms with E-state index in [1.54, 1.807) is 36.4 Å². The predicted molar refractivity (Wildman–Crippen MR) is 161 cm³/mol. The summed E-state index contributed by atoms with van der Waals surface area (Å²) >= 11 is 0. The van der Waals surface area contributed by atoms with E-state index in [0.29, 0.717) is 28.1 Å². The zero-order chi connectivity index (χ0) is 32.0. The van der Waals surface area contributed by atoms with Crippen LogP contribution in [0.25, 0.3) is 17.3 Å². The quantitative estimate of drug-likeness (QED) is 0.207. The van der Waals surface area contributed by atoms with E-state index in [9.17, 15) is 27.5 Å². The average Bonchev–Trinajstić information content (AvgIpc) is 2.96. The number of carbonyl (C=O) groups excluding carboxylic acids is 1. The molecular weight excluding hydrogens is 593 g/mol. The molecule has 1 saturated heterocycles. The molecule has 11 nitrogen and oxygen atoms in total. The second kappa shape index (κ2) is 14.1. The number of carboxylic acids is 1. The molecule has 0 spiro atoms. The molecule has 2 heterocycles. The number of sulfonamides is 1. The molecule has 4 rings (SSSR count). The Morgan fingerprint density at radius 2 is 1.84 bits per heavy atom. The van der Waals surface area contributed by atoms with Gasteiger partial charge in [0.25, 0.3) is 0 Å². The van der Waals surface area contributed by atoms with Crippen molar-refractivity contribution in [3.63, 3.8) is 0 Å². The minimum Gasteiger partial charge on any atom is -0.481 e. The normalized spacial score (nSPS) is 18.8. The molecule has 1 fully saturated rings. The van der Waals surface area contributed by atoms with Gasteiger partial charge in [0.1, 0.15) is 11.6 Å². The molecule has 2 aromatic carbocycles. The first kappa shape index (κ1) is 32.7. The first-order valence-electron chi connectivity index (χ1n) is 14.0. The van der Waals surface area contributed by atoms with E-state index in [1.807, 2.05) is 13.8 Å². The summed E-state index contributed by atoms with van der Waals surface area (Å²) in [4.78, 5) is 32.3. The molecule has 0 saturated carbocycles. The molecular formula is C31H34FN3O8S. The first-order valence-corrected chi connectivity index (χ1v) is 15.7. The van der Waals surface area contributed by atoms with Crippen LogP contribution in [0.4, 0.5) is 10.3 Å². The third kappa shape index (κ3) is 8.46. The number of carbonyl (C=O) groups is 2. The number of aromatic nitrogens is 2. The smallest absolute Gasteiger partial charge is 0.308 e. The summed E-state index contributed by atoms with van der Waals surface area (Å²) in [6, 6.07) is 12.3. The SMILES string of the molecule is CCS(=O)(=O)Nc1nc(-c2ccc(F)cc2)c(/C=C/[C@@H]2C[C@H](CC(=O)O)OC(c3ccccc3OC(C)=O)O2)c(C(C)C)n1. The number of aliphatic carboxylic acids is 1. The van der Waals surface area contributed by atoms with Gasteiger partial charge in [-0.1, -0.05) is 44.2 Å². The highest BCUT2D eigenvalue weighted by molar-refractivity contribution is 7.92. The predicted octanol–water partition coefficient (Wildman–Crippen LogP) is 5.45. The number of nitrogens with zero attached hydrogens (tertiary/aromatic N) is 2. The zero-order valence-electron chi connectivity index (χ0n) is 24.7. The summed E-state index contributed by atoms with van der Waals surface area (Å²) < 4.78 is 58.4. The van der Waals surface area contributed by atoms with Gasteiger partial charge in [-0.05, 0) is 43.2 Å². The fourth-order valence-electron chi connectivity index (χ4n) is 4.64. The molecule has 234 valence electrons. The summed E-state index contributed by atoms with van der Waals surface area (Å²) in [6.07, 6.45) is 0.959. The van der Waals surface area contributed by atoms with Crippen LogP contribution in [0.3, 0.4) is 0 Å². The van der Waals surface area contributed by atoms with E-state index in [0.717, 1.165) is 0 Å². The van der Waals surface area contributed by atoms with Gasteiger partial charge in [-0.15, -0.1) is 0 Å². The number of rotatable bonds is 11. The Balaban J connectivity index is 1.78. The standard InChI is InChI=1S/C31H34FN3O8S/c1-5-44(39,40)35-31-33-28(18(2)3)25(29(34-31)20-10-12-21(32)13-11-20)15-14-22-16-23(17-27(37)38)43-30(42-22)24-8-6-7-9-26(24)41-19(4)36/h6-15,18,22-23,30H,5,16-17H2,1-4H3,(H,37,38)(H,33,34,35)/b15-14+/t22-,23-,30?/m1/s1. The molecule has 0 amide bonds. The Hall–Kier alpha value is -4.20. The largest absolute Gasteiger partial charge is 0.481 e. The van der Waals surface area contributed by atoms with Crippen molar-refractivity contribution in [2.24, 2.45) is 0 Å². The Labute approximate surface area is 255 Å². The lowest BCUT2D eigenvalue weighted by Gasteiger charge is -2.34. The molecule has 1 aromatic heterocycles. The van der Waals surface area contributed by atoms with E-state index >= 15 is 0 Å². The summed E-state index contributed by atoms with van der Waals surface area (Å²) in [5.74, 6) is -2.28. The molecule has 13 heteroatoms. The van der Waals surface area contributed by atoms with Crippen LogP contribution in [0.1, 0.15) is 69.6 Å². The van der Waals surface area contributed by atoms with Crippen molar-refractivity contribution in [1.82, 2.24) is 9.97 Å². The van der Waals surface area contributed by atoms with Crippen molar-refractivity contribution in [3.05, 3.63) is 77.2 Å². The van der Waals surface area contributed by atoms with E-state index < -0.39 is 46.3 Å². The van der Waals surface area contributed by atoms with Crippen molar-refractivity contribution >= 4 is 34.0 Å². The van der Waals surface area contributed by atoms with Crippen molar-refractivity contribution in [2.45, 2.75) is 65.0 Å². The van der Waals surface area contributed by atoms with E-state index in [2.05, 4.69) is 14.7 Å². The van der Waals surface area contributed by atoms with Crippen molar-refractivity contribution < 1.29 is 41.7 Å². The molecule has 1 unspecified atom stereocenters. The fourth-order valence-corrected chi connectivity index (χ4v) is 5.15. The van der Waals surface area contributed by atoms with Gasteiger partial charge < -0.3 is 19.3 Å². The molecule has 2 N–H and O–H groups in total. The second-order valence-electron chi connectivity index (χ2n) is 10.5. The second-order valence-corrected chi connectivity index (χ2v) is 12.5. The molecule has 1 aliphatic rings. The van der Waals surface area contributed by atoms with E-state index in [1.165, 1.54) is 38.1 Å². The van der Waals surface area contributed by atoms with E-state index in [4.69, 9.17) is 14.2 Å². The third-order valence-corrected chi connectivity index (χ3v) is 7.94. The Bertz CT molecular complexity index is 1640. The van der Waals surface area contributed by atoms with Crippen LogP contribution < -0.4 is 9.46 Å². The number of hydrogen-bond donors (Lipinski definition) is 2. The molecule has 1 aliphatic heterocycles. The monoisotopic (exact) mass is 627 g/mol. The van der Waals surface area contributed by atoms with Crippen molar-refractivity contribution in [2.75, 3.05) is 10.5 Å². The minimum atomic E-state index is -3.69. The van der Waals surface area contributed by atoms with Gasteiger partial charge in [-0.3, -0.25) is 14.3 Å². The Morgan fingerprint density at radius 3 is 2.48 bits per heavy atom. The lowest BCUT2D eigenvalue weighted by atomic mass is 9.97. The van der Waals surface area contributed by atoms with Crippen molar-refractivity contribution in [3.8, 4) is 17.0 Å². The molecule has 3 aromatic rings. The molecule has 44 heavy (non-hydrogen) atoms. The van der Waals surface area contributed by atoms with Gasteiger partial charge in [-0.25, -0.2) is 22.8 Å². The maximum Gasteiger partial charge on any atom is 0.308 e. The van der Waals surface area contributed by atoms with E-state index in [-0.39, 0.29) is 36.2 Å². The topological polar surface area (TPSA) is 154 Å². The first-order chi connectivity index (χ1) is 20.8. The summed E-state index contributed by atoms with van der Waals surface area (Å²) in [7, 11) is -3.69. The van der Waals surface area contributed by atoms with Crippen LogP contribution in [0.2, 0.25) is 0 Å². The fraction of sp³-hybridized carbons (Fsp3) is 0.355. The van der Waals surface area contributed by atoms with Gasteiger partial charge in [0.15, 0.2) is 6.29 Å². The van der Waals surface area contributed by atoms with Gasteiger partial charge >= 0.3 is 11.9 Å². The van der Waals surface area contributed by atoms with Crippen LogP contribution in [0.5, 0.6) is 5.75 Å². The number of nitrogens with one attached hydrogen (secondary N) is 1. The lowest BCUT2D eigenvalue weighted by molar-refractivity contribution is -0.238. The molecule has 3 atom stereocenters. The number of anilines is 1. The minimum absolute atomic E-state index is 0.113. The summed E-state index contributed by atoms with van der Waals surface area (Å²) in [6.45, 7) is 6.54. The molecule has 0 aliphatic carbocycles. The number of para-hydroxylation sites is 1. The lowest BCUT2D eigenvalue weighted by Crippen LogP contribution is -2.34. The number of hydrogen-bond acceptors (Lipinski definition) is 9. The third-order valence-electron chi connectivity index (χ3n) is 6.68. The van der Waals surface area contributed by atoms with Crippen LogP contribution in [-0.2, 0) is 29.1 Å². The number of carboxylic acid groups (broad SMARTS) is 1. The average molecular weight is 628 g/mol. The number of halogens is 1. The summed E-state index contributed by atoms with van der Waals surface area (Å²) in [5, 5.41) is 9.49. The number of ether oxygens (including phenoxy) is 3. The highest BCUT2D eigenvalue weighted by Crippen LogP contribution is 2.37. The van der Waals surface area contributed by atoms with Gasteiger partial charge in [-0.2, -0.15) is 0 Å². The number of benzene rings is 2. The molecule has 0 radical (unpaired) electrons. The van der Waals surface area contributed by atoms with Crippen LogP contribution in [0, 0.1) is 5.82 Å². The van der Waals surface area contributed by atoms with Gasteiger partial charge in [0.2, 0.25) is 16.0 Å². The maximum atomic E-state index is 13.8. The van der Waals surface area contributed by atoms with Gasteiger partial charge in [0.05, 0.1) is 41.3 Å². The summed E-state index contributed by atoms with van der Waals surface area (Å²) in [5.41, 5.74) is 2.38. The van der Waals surface area contributed by atoms with Crippen molar-refractivity contribution in [1.29, 1.82) is 0 Å². The number of esters is 1. The zero-order valence-corrected chi connectivity index (χ0v) is 25.5. The van der Waals surface area contributed by atoms with Crippen LogP contribution in [-0.4, -0.2) is 53.4 Å². The van der Waals surface area contributed by atoms with Gasteiger partial charge in [0, 0.05) is 24.5 Å². The van der Waals surface area contributed by atoms with Crippen LogP contribution in [0.15, 0.2) is 54.6 Å². The Kier molecular flexibility index (Phi) is 10.4. The highest BCUT2D eigenvalue weighted by atomic mass is 32.2. The maximum absolute atomic E-state index is 13.8. The van der Waals surface area contributed by atoms with Crippen LogP contribution >= 0.6 is 0 Å². The molecule has 0 bridgehead atoms.